The largest absolute Gasteiger partial charge is 0.496 e. The highest BCUT2D eigenvalue weighted by atomic mass is 32.1. The number of hydrogen-bond acceptors (Lipinski definition) is 7. The number of esters is 1. The molecule has 1 aliphatic heterocycles. The summed E-state index contributed by atoms with van der Waals surface area (Å²) in [6, 6.07) is 5.12. The summed E-state index contributed by atoms with van der Waals surface area (Å²) < 4.78 is 15.8. The van der Waals surface area contributed by atoms with E-state index in [1.165, 1.54) is 32.7 Å². The van der Waals surface area contributed by atoms with Crippen LogP contribution >= 0.6 is 11.3 Å². The third-order valence-electron chi connectivity index (χ3n) is 5.12. The number of ether oxygens (including phenoxy) is 3. The number of amides is 1. The van der Waals surface area contributed by atoms with E-state index in [2.05, 4.69) is 38.3 Å². The molecule has 30 heavy (non-hydrogen) atoms. The molecule has 1 aromatic heterocycles. The van der Waals surface area contributed by atoms with Gasteiger partial charge in [-0.25, -0.2) is 4.79 Å². The molecule has 2 aromatic rings. The highest BCUT2D eigenvalue weighted by Gasteiger charge is 2.42. The second-order valence-electron chi connectivity index (χ2n) is 8.41. The summed E-state index contributed by atoms with van der Waals surface area (Å²) in [5.74, 6) is -0.117. The van der Waals surface area contributed by atoms with E-state index in [1.54, 1.807) is 18.2 Å². The summed E-state index contributed by atoms with van der Waals surface area (Å²) in [6.07, 6.45) is 0.639. The van der Waals surface area contributed by atoms with Crippen LogP contribution in [0.4, 0.5) is 5.00 Å². The number of nitrogens with one attached hydrogen (secondary N) is 2. The molecule has 162 valence electrons. The van der Waals surface area contributed by atoms with E-state index in [-0.39, 0.29) is 16.6 Å². The smallest absolute Gasteiger partial charge is 0.341 e. The standard InChI is InChI=1S/C22H28N2O5S/c1-21(2)11-12-15(20(26)29-7)19(30-17(12)22(3,4)24-21)23-18(25)16-13(27-5)9-8-10-14(16)28-6/h8-10,24H,11H2,1-7H3,(H,23,25). The van der Waals surface area contributed by atoms with Crippen LogP contribution in [-0.2, 0) is 16.7 Å². The average molecular weight is 433 g/mol. The summed E-state index contributed by atoms with van der Waals surface area (Å²) in [5.41, 5.74) is 0.996. The Morgan fingerprint density at radius 2 is 1.63 bits per heavy atom. The number of carbonyl (C=O) groups excluding carboxylic acids is 2. The molecule has 3 rings (SSSR count). The number of rotatable bonds is 5. The predicted octanol–water partition coefficient (Wildman–Crippen LogP) is 3.96. The maximum absolute atomic E-state index is 13.2. The van der Waals surface area contributed by atoms with Crippen molar-refractivity contribution in [2.45, 2.75) is 45.2 Å². The van der Waals surface area contributed by atoms with Gasteiger partial charge >= 0.3 is 5.97 Å². The highest BCUT2D eigenvalue weighted by molar-refractivity contribution is 7.17. The number of anilines is 1. The molecule has 0 radical (unpaired) electrons. The van der Waals surface area contributed by atoms with Crippen molar-refractivity contribution >= 4 is 28.2 Å². The molecule has 0 bridgehead atoms. The Morgan fingerprint density at radius 1 is 1.03 bits per heavy atom. The van der Waals surface area contributed by atoms with Crippen LogP contribution in [0, 0.1) is 0 Å². The topological polar surface area (TPSA) is 85.9 Å². The van der Waals surface area contributed by atoms with Gasteiger partial charge in [0.25, 0.3) is 5.91 Å². The van der Waals surface area contributed by atoms with E-state index >= 15 is 0 Å². The highest BCUT2D eigenvalue weighted by Crippen LogP contribution is 2.45. The van der Waals surface area contributed by atoms with Gasteiger partial charge in [-0.1, -0.05) is 6.07 Å². The van der Waals surface area contributed by atoms with Crippen LogP contribution in [0.25, 0.3) is 0 Å². The summed E-state index contributed by atoms with van der Waals surface area (Å²) >= 11 is 1.39. The van der Waals surface area contributed by atoms with Crippen LogP contribution in [0.1, 0.15) is 58.9 Å². The number of thiophene rings is 1. The van der Waals surface area contributed by atoms with E-state index in [9.17, 15) is 9.59 Å². The zero-order valence-electron chi connectivity index (χ0n) is 18.4. The molecule has 0 atom stereocenters. The zero-order chi connectivity index (χ0) is 22.3. The summed E-state index contributed by atoms with van der Waals surface area (Å²) in [5, 5.41) is 6.97. The molecule has 8 heteroatoms. The van der Waals surface area contributed by atoms with Crippen molar-refractivity contribution in [3.05, 3.63) is 39.8 Å². The number of carbonyl (C=O) groups is 2. The summed E-state index contributed by atoms with van der Waals surface area (Å²) in [4.78, 5) is 26.9. The van der Waals surface area contributed by atoms with Gasteiger partial charge in [0.2, 0.25) is 0 Å². The fourth-order valence-electron chi connectivity index (χ4n) is 4.17. The van der Waals surface area contributed by atoms with Gasteiger partial charge < -0.3 is 24.8 Å². The zero-order valence-corrected chi connectivity index (χ0v) is 19.2. The third kappa shape index (κ3) is 3.89. The van der Waals surface area contributed by atoms with Crippen LogP contribution in [0.3, 0.4) is 0 Å². The maximum Gasteiger partial charge on any atom is 0.341 e. The molecule has 7 nitrogen and oxygen atoms in total. The molecule has 0 spiro atoms. The minimum atomic E-state index is -0.469. The first kappa shape index (κ1) is 22.1. The molecule has 0 saturated heterocycles. The van der Waals surface area contributed by atoms with E-state index in [4.69, 9.17) is 14.2 Å². The molecule has 0 aliphatic carbocycles. The van der Waals surface area contributed by atoms with Crippen LogP contribution in [0.5, 0.6) is 11.5 Å². The minimum Gasteiger partial charge on any atom is -0.496 e. The van der Waals surface area contributed by atoms with Crippen LogP contribution in [0.15, 0.2) is 18.2 Å². The first-order valence-electron chi connectivity index (χ1n) is 9.60. The van der Waals surface area contributed by atoms with Gasteiger partial charge in [0, 0.05) is 16.0 Å². The molecule has 0 saturated carbocycles. The van der Waals surface area contributed by atoms with Crippen molar-refractivity contribution in [2.75, 3.05) is 26.6 Å². The number of fused-ring (bicyclic) bond motifs is 1. The lowest BCUT2D eigenvalue weighted by molar-refractivity contribution is 0.0600. The van der Waals surface area contributed by atoms with Gasteiger partial charge in [0.1, 0.15) is 22.1 Å². The predicted molar refractivity (Wildman–Crippen MR) is 117 cm³/mol. The number of hydrogen-bond donors (Lipinski definition) is 2. The molecular formula is C22H28N2O5S. The van der Waals surface area contributed by atoms with Crippen molar-refractivity contribution in [2.24, 2.45) is 0 Å². The first-order chi connectivity index (χ1) is 14.0. The summed E-state index contributed by atoms with van der Waals surface area (Å²) in [6.45, 7) is 8.32. The fourth-order valence-corrected chi connectivity index (χ4v) is 5.43. The van der Waals surface area contributed by atoms with Gasteiger partial charge in [-0.2, -0.15) is 0 Å². The average Bonchev–Trinajstić information content (AvgIpc) is 3.03. The SMILES string of the molecule is COC(=O)c1c(NC(=O)c2c(OC)cccc2OC)sc2c1CC(C)(C)NC2(C)C. The summed E-state index contributed by atoms with van der Waals surface area (Å²) in [7, 11) is 4.33. The van der Waals surface area contributed by atoms with Gasteiger partial charge in [-0.3, -0.25) is 4.79 Å². The third-order valence-corrected chi connectivity index (χ3v) is 6.59. The molecular weight excluding hydrogens is 404 g/mol. The van der Waals surface area contributed by atoms with Gasteiger partial charge in [-0.15, -0.1) is 11.3 Å². The number of methoxy groups -OCH3 is 3. The van der Waals surface area contributed by atoms with E-state index in [0.717, 1.165) is 10.4 Å². The van der Waals surface area contributed by atoms with Gasteiger partial charge in [0.15, 0.2) is 0 Å². The Hall–Kier alpha value is -2.58. The quantitative estimate of drug-likeness (QED) is 0.696. The molecule has 0 unspecified atom stereocenters. The Balaban J connectivity index is 2.12. The first-order valence-corrected chi connectivity index (χ1v) is 10.4. The fraction of sp³-hybridized carbons (Fsp3) is 0.455. The van der Waals surface area contributed by atoms with Gasteiger partial charge in [0.05, 0.1) is 26.9 Å². The monoisotopic (exact) mass is 432 g/mol. The van der Waals surface area contributed by atoms with Crippen molar-refractivity contribution in [3.63, 3.8) is 0 Å². The second-order valence-corrected chi connectivity index (χ2v) is 9.43. The van der Waals surface area contributed by atoms with E-state index in [1.807, 2.05) is 0 Å². The molecule has 0 fully saturated rings. The van der Waals surface area contributed by atoms with Gasteiger partial charge in [-0.05, 0) is 51.8 Å². The van der Waals surface area contributed by atoms with Crippen molar-refractivity contribution in [3.8, 4) is 11.5 Å². The van der Waals surface area contributed by atoms with Crippen molar-refractivity contribution in [1.29, 1.82) is 0 Å². The molecule has 1 aromatic carbocycles. The molecule has 1 aliphatic rings. The second kappa shape index (κ2) is 7.92. The van der Waals surface area contributed by atoms with Crippen LogP contribution in [0.2, 0.25) is 0 Å². The molecule has 2 N–H and O–H groups in total. The van der Waals surface area contributed by atoms with Crippen molar-refractivity contribution in [1.82, 2.24) is 5.32 Å². The molecule has 1 amide bonds. The lowest BCUT2D eigenvalue weighted by Crippen LogP contribution is -2.55. The lowest BCUT2D eigenvalue weighted by atomic mass is 9.81. The Kier molecular flexibility index (Phi) is 5.84. The van der Waals surface area contributed by atoms with Crippen LogP contribution in [-0.4, -0.2) is 38.7 Å². The Morgan fingerprint density at radius 3 is 2.17 bits per heavy atom. The van der Waals surface area contributed by atoms with E-state index < -0.39 is 11.9 Å². The lowest BCUT2D eigenvalue weighted by Gasteiger charge is -2.42. The Labute approximate surface area is 180 Å². The van der Waals surface area contributed by atoms with Crippen LogP contribution < -0.4 is 20.1 Å². The normalized spacial score (nSPS) is 16.4. The molecule has 2 heterocycles. The van der Waals surface area contributed by atoms with Crippen molar-refractivity contribution < 1.29 is 23.8 Å². The van der Waals surface area contributed by atoms with E-state index in [0.29, 0.717) is 28.5 Å². The maximum atomic E-state index is 13.2. The Bertz CT molecular complexity index is 971. The number of benzene rings is 1. The minimum absolute atomic E-state index is 0.215.